The monoisotopic (exact) mass is 303 g/mol. The van der Waals surface area contributed by atoms with E-state index in [-0.39, 0.29) is 11.7 Å². The summed E-state index contributed by atoms with van der Waals surface area (Å²) in [7, 11) is 0. The van der Waals surface area contributed by atoms with Crippen molar-refractivity contribution in [1.82, 2.24) is 5.32 Å². The molecule has 1 aromatic carbocycles. The number of benzene rings is 1. The first kappa shape index (κ1) is 13.3. The van der Waals surface area contributed by atoms with Crippen molar-refractivity contribution in [2.45, 2.75) is 4.90 Å². The minimum atomic E-state index is -0.274. The van der Waals surface area contributed by atoms with Crippen molar-refractivity contribution in [2.75, 3.05) is 12.3 Å². The van der Waals surface area contributed by atoms with Gasteiger partial charge in [0.25, 0.3) is 0 Å². The van der Waals surface area contributed by atoms with Gasteiger partial charge in [-0.2, -0.15) is 0 Å². The van der Waals surface area contributed by atoms with Crippen molar-refractivity contribution in [3.8, 4) is 0 Å². The summed E-state index contributed by atoms with van der Waals surface area (Å²) in [5, 5.41) is 2.68. The second-order valence-electron chi connectivity index (χ2n) is 3.04. The van der Waals surface area contributed by atoms with Crippen LogP contribution in [0.2, 0.25) is 0 Å². The molecule has 5 heteroatoms. The molecule has 0 aromatic heterocycles. The van der Waals surface area contributed by atoms with Gasteiger partial charge in [-0.1, -0.05) is 22.5 Å². The van der Waals surface area contributed by atoms with Crippen LogP contribution < -0.4 is 5.32 Å². The summed E-state index contributed by atoms with van der Waals surface area (Å²) in [5.74, 6) is -0.0364. The van der Waals surface area contributed by atoms with Crippen molar-refractivity contribution < 1.29 is 9.18 Å². The standard InChI is InChI=1S/C11H11BrFNOS/c1-8(12)6-14-11(15)7-16-10-4-2-9(13)3-5-10/h2-5H,1,6-7H2,(H,14,15). The normalized spacial score (nSPS) is 9.88. The van der Waals surface area contributed by atoms with Crippen molar-refractivity contribution in [2.24, 2.45) is 0 Å². The number of nitrogens with one attached hydrogen (secondary N) is 1. The Kier molecular flexibility index (Phi) is 5.55. The summed E-state index contributed by atoms with van der Waals surface area (Å²) in [6.07, 6.45) is 0. The molecule has 0 saturated heterocycles. The van der Waals surface area contributed by atoms with E-state index >= 15 is 0 Å². The van der Waals surface area contributed by atoms with E-state index in [9.17, 15) is 9.18 Å². The summed E-state index contributed by atoms with van der Waals surface area (Å²) < 4.78 is 13.3. The Morgan fingerprint density at radius 2 is 2.06 bits per heavy atom. The van der Waals surface area contributed by atoms with E-state index in [1.54, 1.807) is 12.1 Å². The number of rotatable bonds is 5. The Labute approximate surface area is 106 Å². The molecule has 0 aliphatic carbocycles. The molecular weight excluding hydrogens is 293 g/mol. The number of hydrogen-bond donors (Lipinski definition) is 1. The molecule has 0 aliphatic rings. The second kappa shape index (κ2) is 6.70. The van der Waals surface area contributed by atoms with Gasteiger partial charge in [0.1, 0.15) is 5.82 Å². The Morgan fingerprint density at radius 3 is 2.62 bits per heavy atom. The number of carbonyl (C=O) groups excluding carboxylic acids is 1. The molecule has 0 saturated carbocycles. The molecule has 0 spiro atoms. The van der Waals surface area contributed by atoms with Gasteiger partial charge in [-0.05, 0) is 24.3 Å². The van der Waals surface area contributed by atoms with Crippen LogP contribution in [-0.2, 0) is 4.79 Å². The molecule has 16 heavy (non-hydrogen) atoms. The molecule has 1 N–H and O–H groups in total. The predicted molar refractivity (Wildman–Crippen MR) is 68.2 cm³/mol. The maximum Gasteiger partial charge on any atom is 0.230 e. The zero-order chi connectivity index (χ0) is 12.0. The van der Waals surface area contributed by atoms with Crippen molar-refractivity contribution >= 4 is 33.6 Å². The number of thioether (sulfide) groups is 1. The van der Waals surface area contributed by atoms with Crippen LogP contribution >= 0.6 is 27.7 Å². The van der Waals surface area contributed by atoms with Crippen LogP contribution in [0.4, 0.5) is 4.39 Å². The van der Waals surface area contributed by atoms with E-state index in [0.717, 1.165) is 9.38 Å². The minimum absolute atomic E-state index is 0.0741. The van der Waals surface area contributed by atoms with Crippen LogP contribution in [0.3, 0.4) is 0 Å². The van der Waals surface area contributed by atoms with Crippen LogP contribution in [0.15, 0.2) is 40.2 Å². The molecular formula is C11H11BrFNOS. The molecule has 1 rings (SSSR count). The van der Waals surface area contributed by atoms with Gasteiger partial charge in [0.15, 0.2) is 0 Å². The SMILES string of the molecule is C=C(Br)CNC(=O)CSc1ccc(F)cc1. The number of carbonyl (C=O) groups is 1. The third-order valence-electron chi connectivity index (χ3n) is 1.66. The highest BCUT2D eigenvalue weighted by Gasteiger charge is 2.02. The molecule has 0 atom stereocenters. The Hall–Kier alpha value is -0.810. The first-order chi connectivity index (χ1) is 7.58. The average molecular weight is 304 g/mol. The van der Waals surface area contributed by atoms with Gasteiger partial charge in [0, 0.05) is 15.9 Å². The Bertz CT molecular complexity index is 380. The summed E-state index contributed by atoms with van der Waals surface area (Å²) >= 11 is 4.51. The lowest BCUT2D eigenvalue weighted by Gasteiger charge is -2.03. The molecule has 0 aliphatic heterocycles. The minimum Gasteiger partial charge on any atom is -0.351 e. The van der Waals surface area contributed by atoms with E-state index in [2.05, 4.69) is 27.8 Å². The third kappa shape index (κ3) is 5.32. The summed E-state index contributed by atoms with van der Waals surface area (Å²) in [5.41, 5.74) is 0. The predicted octanol–water partition coefficient (Wildman–Crippen LogP) is 2.94. The summed E-state index contributed by atoms with van der Waals surface area (Å²) in [4.78, 5) is 12.2. The van der Waals surface area contributed by atoms with Gasteiger partial charge in [0.2, 0.25) is 5.91 Å². The fourth-order valence-corrected chi connectivity index (χ4v) is 1.79. The first-order valence-electron chi connectivity index (χ1n) is 4.56. The topological polar surface area (TPSA) is 29.1 Å². The maximum atomic E-state index is 12.6. The number of hydrogen-bond acceptors (Lipinski definition) is 2. The fourth-order valence-electron chi connectivity index (χ4n) is 0.925. The molecule has 1 aromatic rings. The average Bonchev–Trinajstić information content (AvgIpc) is 2.25. The number of halogens is 2. The molecule has 0 heterocycles. The van der Waals surface area contributed by atoms with E-state index in [4.69, 9.17) is 0 Å². The molecule has 1 amide bonds. The summed E-state index contributed by atoms with van der Waals surface area (Å²) in [6.45, 7) is 4.03. The van der Waals surface area contributed by atoms with E-state index in [0.29, 0.717) is 12.3 Å². The molecule has 2 nitrogen and oxygen atoms in total. The first-order valence-corrected chi connectivity index (χ1v) is 6.34. The Balaban J connectivity index is 2.31. The van der Waals surface area contributed by atoms with Crippen LogP contribution in [-0.4, -0.2) is 18.2 Å². The maximum absolute atomic E-state index is 12.6. The van der Waals surface area contributed by atoms with E-state index in [1.807, 2.05) is 0 Å². The highest BCUT2D eigenvalue weighted by Crippen LogP contribution is 2.17. The lowest BCUT2D eigenvalue weighted by molar-refractivity contribution is -0.118. The quantitative estimate of drug-likeness (QED) is 0.848. The fraction of sp³-hybridized carbons (Fsp3) is 0.182. The van der Waals surface area contributed by atoms with Crippen LogP contribution in [0, 0.1) is 5.82 Å². The van der Waals surface area contributed by atoms with Gasteiger partial charge < -0.3 is 5.32 Å². The van der Waals surface area contributed by atoms with Gasteiger partial charge >= 0.3 is 0 Å². The van der Waals surface area contributed by atoms with E-state index in [1.165, 1.54) is 23.9 Å². The smallest absolute Gasteiger partial charge is 0.230 e. The highest BCUT2D eigenvalue weighted by atomic mass is 79.9. The highest BCUT2D eigenvalue weighted by molar-refractivity contribution is 9.11. The van der Waals surface area contributed by atoms with Gasteiger partial charge in [-0.15, -0.1) is 11.8 Å². The largest absolute Gasteiger partial charge is 0.351 e. The van der Waals surface area contributed by atoms with Crippen LogP contribution in [0.5, 0.6) is 0 Å². The third-order valence-corrected chi connectivity index (χ3v) is 2.95. The van der Waals surface area contributed by atoms with Gasteiger partial charge in [0.05, 0.1) is 5.75 Å². The molecule has 86 valence electrons. The zero-order valence-electron chi connectivity index (χ0n) is 8.50. The molecule has 0 unspecified atom stereocenters. The Morgan fingerprint density at radius 1 is 1.44 bits per heavy atom. The van der Waals surface area contributed by atoms with Crippen LogP contribution in [0.1, 0.15) is 0 Å². The van der Waals surface area contributed by atoms with Crippen molar-refractivity contribution in [3.05, 3.63) is 41.1 Å². The summed E-state index contributed by atoms with van der Waals surface area (Å²) in [6, 6.07) is 6.05. The van der Waals surface area contributed by atoms with Gasteiger partial charge in [-0.25, -0.2) is 4.39 Å². The van der Waals surface area contributed by atoms with Crippen LogP contribution in [0.25, 0.3) is 0 Å². The lowest BCUT2D eigenvalue weighted by Crippen LogP contribution is -2.26. The second-order valence-corrected chi connectivity index (χ2v) is 5.21. The molecule has 0 radical (unpaired) electrons. The van der Waals surface area contributed by atoms with Crippen molar-refractivity contribution in [3.63, 3.8) is 0 Å². The zero-order valence-corrected chi connectivity index (χ0v) is 10.9. The molecule has 0 fully saturated rings. The number of amides is 1. The van der Waals surface area contributed by atoms with Crippen molar-refractivity contribution in [1.29, 1.82) is 0 Å². The van der Waals surface area contributed by atoms with Gasteiger partial charge in [-0.3, -0.25) is 4.79 Å². The molecule has 0 bridgehead atoms. The lowest BCUT2D eigenvalue weighted by atomic mass is 10.4. The van der Waals surface area contributed by atoms with E-state index < -0.39 is 0 Å².